The van der Waals surface area contributed by atoms with E-state index in [2.05, 4.69) is 40.3 Å². The molecule has 1 N–H and O–H groups in total. The molecule has 0 aliphatic heterocycles. The summed E-state index contributed by atoms with van der Waals surface area (Å²) in [6, 6.07) is 7.03. The van der Waals surface area contributed by atoms with E-state index < -0.39 is 11.6 Å². The van der Waals surface area contributed by atoms with Crippen LogP contribution in [0.4, 0.5) is 8.78 Å². The van der Waals surface area contributed by atoms with Crippen LogP contribution in [0, 0.1) is 11.6 Å². The van der Waals surface area contributed by atoms with Gasteiger partial charge in [0.1, 0.15) is 0 Å². The summed E-state index contributed by atoms with van der Waals surface area (Å²) >= 11 is 4.95. The van der Waals surface area contributed by atoms with Crippen LogP contribution in [0.5, 0.6) is 0 Å². The maximum Gasteiger partial charge on any atom is 0.173 e. The number of halogens is 3. The van der Waals surface area contributed by atoms with Gasteiger partial charge in [-0.05, 0) is 52.7 Å². The van der Waals surface area contributed by atoms with Crippen LogP contribution >= 0.6 is 27.3 Å². The van der Waals surface area contributed by atoms with E-state index in [1.807, 2.05) is 6.92 Å². The first-order valence-electron chi connectivity index (χ1n) is 7.01. The van der Waals surface area contributed by atoms with Crippen molar-refractivity contribution in [3.05, 3.63) is 55.7 Å². The monoisotopic (exact) mass is 373 g/mol. The Labute approximate surface area is 136 Å². The van der Waals surface area contributed by atoms with E-state index in [-0.39, 0.29) is 10.5 Å². The van der Waals surface area contributed by atoms with Crippen molar-refractivity contribution in [3.63, 3.8) is 0 Å². The van der Waals surface area contributed by atoms with Crippen LogP contribution in [0.3, 0.4) is 0 Å². The van der Waals surface area contributed by atoms with Crippen molar-refractivity contribution >= 4 is 27.3 Å². The minimum absolute atomic E-state index is 0.0390. The molecular formula is C16H18BrF2NS. The van der Waals surface area contributed by atoms with Crippen LogP contribution in [-0.2, 0) is 12.8 Å². The van der Waals surface area contributed by atoms with Crippen molar-refractivity contribution in [3.8, 4) is 0 Å². The molecule has 1 unspecified atom stereocenters. The quantitative estimate of drug-likeness (QED) is 0.682. The van der Waals surface area contributed by atoms with Crippen LogP contribution in [0.2, 0.25) is 0 Å². The normalized spacial score (nSPS) is 12.6. The Hall–Kier alpha value is -0.780. The number of hydrogen-bond acceptors (Lipinski definition) is 2. The predicted octanol–water partition coefficient (Wildman–Crippen LogP) is 5.24. The molecule has 1 nitrogen and oxygen atoms in total. The van der Waals surface area contributed by atoms with Crippen molar-refractivity contribution in [2.45, 2.75) is 32.7 Å². The minimum Gasteiger partial charge on any atom is -0.310 e. The Kier molecular flexibility index (Phi) is 5.90. The maximum absolute atomic E-state index is 13.7. The summed E-state index contributed by atoms with van der Waals surface area (Å²) in [5, 5.41) is 3.35. The van der Waals surface area contributed by atoms with E-state index in [9.17, 15) is 8.78 Å². The Bertz CT molecular complexity index is 612. The molecule has 0 spiro atoms. The van der Waals surface area contributed by atoms with Crippen molar-refractivity contribution < 1.29 is 8.78 Å². The van der Waals surface area contributed by atoms with Crippen molar-refractivity contribution in [2.75, 3.05) is 6.54 Å². The topological polar surface area (TPSA) is 12.0 Å². The molecular weight excluding hydrogens is 356 g/mol. The zero-order valence-electron chi connectivity index (χ0n) is 12.1. The first-order valence-corrected chi connectivity index (χ1v) is 8.62. The van der Waals surface area contributed by atoms with Gasteiger partial charge in [-0.1, -0.05) is 19.9 Å². The fraction of sp³-hybridized carbons (Fsp3) is 0.375. The van der Waals surface area contributed by atoms with Gasteiger partial charge in [-0.3, -0.25) is 0 Å². The first-order chi connectivity index (χ1) is 10.1. The Balaban J connectivity index is 2.28. The molecule has 0 radical (unpaired) electrons. The van der Waals surface area contributed by atoms with E-state index in [1.54, 1.807) is 17.4 Å². The van der Waals surface area contributed by atoms with E-state index >= 15 is 0 Å². The molecule has 114 valence electrons. The summed E-state index contributed by atoms with van der Waals surface area (Å²) < 4.78 is 27.2. The van der Waals surface area contributed by atoms with E-state index in [0.717, 1.165) is 24.9 Å². The van der Waals surface area contributed by atoms with Crippen LogP contribution in [-0.4, -0.2) is 6.54 Å². The molecule has 0 saturated heterocycles. The molecule has 0 amide bonds. The number of nitrogens with one attached hydrogen (secondary N) is 1. The standard InChI is InChI=1S/C16H18BrF2NS/c1-3-10-5-6-11(21-10)9-14(20-4-2)12-7-8-13(18)16(19)15(12)17/h5-8,14,20H,3-4,9H2,1-2H3. The molecule has 5 heteroatoms. The molecule has 0 aliphatic rings. The minimum atomic E-state index is -0.828. The summed E-state index contributed by atoms with van der Waals surface area (Å²) in [5.41, 5.74) is 0.752. The highest BCUT2D eigenvalue weighted by Gasteiger charge is 2.19. The molecule has 0 aliphatic carbocycles. The van der Waals surface area contributed by atoms with Gasteiger partial charge >= 0.3 is 0 Å². The maximum atomic E-state index is 13.7. The molecule has 21 heavy (non-hydrogen) atoms. The molecule has 0 saturated carbocycles. The smallest absolute Gasteiger partial charge is 0.173 e. The highest BCUT2D eigenvalue weighted by atomic mass is 79.9. The van der Waals surface area contributed by atoms with Crippen LogP contribution in [0.15, 0.2) is 28.7 Å². The molecule has 2 rings (SSSR count). The Morgan fingerprint density at radius 2 is 1.86 bits per heavy atom. The molecule has 0 bridgehead atoms. The van der Waals surface area contributed by atoms with E-state index in [1.165, 1.54) is 15.8 Å². The lowest BCUT2D eigenvalue weighted by molar-refractivity contribution is 0.491. The number of aryl methyl sites for hydroxylation is 1. The summed E-state index contributed by atoms with van der Waals surface area (Å²) in [6.45, 7) is 4.90. The van der Waals surface area contributed by atoms with E-state index in [4.69, 9.17) is 0 Å². The van der Waals surface area contributed by atoms with Gasteiger partial charge in [-0.25, -0.2) is 8.78 Å². The average Bonchev–Trinajstić information content (AvgIpc) is 2.92. The molecule has 1 aromatic heterocycles. The van der Waals surface area contributed by atoms with Gasteiger partial charge in [0, 0.05) is 22.2 Å². The average molecular weight is 374 g/mol. The van der Waals surface area contributed by atoms with Crippen LogP contribution in [0.1, 0.15) is 35.2 Å². The zero-order valence-corrected chi connectivity index (χ0v) is 14.5. The predicted molar refractivity (Wildman–Crippen MR) is 87.9 cm³/mol. The van der Waals surface area contributed by atoms with Crippen LogP contribution < -0.4 is 5.32 Å². The van der Waals surface area contributed by atoms with Crippen LogP contribution in [0.25, 0.3) is 0 Å². The largest absolute Gasteiger partial charge is 0.310 e. The molecule has 2 aromatic rings. The van der Waals surface area contributed by atoms with Gasteiger partial charge in [0.05, 0.1) is 4.47 Å². The number of thiophene rings is 1. The van der Waals surface area contributed by atoms with Gasteiger partial charge in [0.25, 0.3) is 0 Å². The second-order valence-corrected chi connectivity index (χ2v) is 6.85. The summed E-state index contributed by atoms with van der Waals surface area (Å²) in [7, 11) is 0. The van der Waals surface area contributed by atoms with Crippen molar-refractivity contribution in [2.24, 2.45) is 0 Å². The van der Waals surface area contributed by atoms with Gasteiger partial charge in [-0.15, -0.1) is 11.3 Å². The second kappa shape index (κ2) is 7.47. The number of likely N-dealkylation sites (N-methyl/N-ethyl adjacent to an activating group) is 1. The lowest BCUT2D eigenvalue weighted by Gasteiger charge is -2.19. The molecule has 1 atom stereocenters. The molecule has 1 aromatic carbocycles. The van der Waals surface area contributed by atoms with Crippen molar-refractivity contribution in [1.82, 2.24) is 5.32 Å². The molecule has 1 heterocycles. The highest BCUT2D eigenvalue weighted by Crippen LogP contribution is 2.31. The third-order valence-corrected chi connectivity index (χ3v) is 5.42. The van der Waals surface area contributed by atoms with Gasteiger partial charge in [0.15, 0.2) is 11.6 Å². The Morgan fingerprint density at radius 3 is 2.48 bits per heavy atom. The number of hydrogen-bond donors (Lipinski definition) is 1. The summed E-state index contributed by atoms with van der Waals surface area (Å²) in [6.07, 6.45) is 1.79. The lowest BCUT2D eigenvalue weighted by Crippen LogP contribution is -2.23. The Morgan fingerprint density at radius 1 is 1.14 bits per heavy atom. The number of rotatable bonds is 6. The summed E-state index contributed by atoms with van der Waals surface area (Å²) in [4.78, 5) is 2.58. The van der Waals surface area contributed by atoms with Gasteiger partial charge in [0.2, 0.25) is 0 Å². The first kappa shape index (κ1) is 16.6. The van der Waals surface area contributed by atoms with Gasteiger partial charge in [-0.2, -0.15) is 0 Å². The van der Waals surface area contributed by atoms with Gasteiger partial charge < -0.3 is 5.32 Å². The SMILES string of the molecule is CCNC(Cc1ccc(CC)s1)c1ccc(F)c(F)c1Br. The fourth-order valence-corrected chi connectivity index (χ4v) is 3.87. The second-order valence-electron chi connectivity index (χ2n) is 4.80. The third-order valence-electron chi connectivity index (χ3n) is 3.36. The highest BCUT2D eigenvalue weighted by molar-refractivity contribution is 9.10. The van der Waals surface area contributed by atoms with E-state index in [0.29, 0.717) is 0 Å². The number of benzene rings is 1. The fourth-order valence-electron chi connectivity index (χ4n) is 2.27. The molecule has 0 fully saturated rings. The lowest BCUT2D eigenvalue weighted by atomic mass is 10.0. The third kappa shape index (κ3) is 3.90. The van der Waals surface area contributed by atoms with Crippen molar-refractivity contribution in [1.29, 1.82) is 0 Å². The zero-order chi connectivity index (χ0) is 15.4. The summed E-state index contributed by atoms with van der Waals surface area (Å²) in [5.74, 6) is -1.65.